The van der Waals surface area contributed by atoms with Crippen LogP contribution >= 0.6 is 11.3 Å². The van der Waals surface area contributed by atoms with Crippen LogP contribution in [0.25, 0.3) is 0 Å². The van der Waals surface area contributed by atoms with E-state index in [4.69, 9.17) is 14.2 Å². The monoisotopic (exact) mass is 489 g/mol. The Morgan fingerprint density at radius 1 is 1.03 bits per heavy atom. The molecule has 1 heterocycles. The van der Waals surface area contributed by atoms with Crippen molar-refractivity contribution in [3.8, 4) is 17.2 Å². The van der Waals surface area contributed by atoms with E-state index < -0.39 is 15.9 Å². The maximum Gasteiger partial charge on any atom is 0.265 e. The number of methoxy groups -OCH3 is 3. The predicted octanol–water partition coefficient (Wildman–Crippen LogP) is 4.10. The van der Waals surface area contributed by atoms with Crippen LogP contribution in [0.1, 0.15) is 34.8 Å². The number of carbonyl (C=O) groups excluding carboxylic acids is 1. The molecule has 9 nitrogen and oxygen atoms in total. The average molecular weight is 490 g/mol. The van der Waals surface area contributed by atoms with Gasteiger partial charge in [-0.3, -0.25) is 14.8 Å². The molecule has 0 unspecified atom stereocenters. The molecule has 1 aliphatic rings. The number of thiazole rings is 1. The van der Waals surface area contributed by atoms with Gasteiger partial charge in [0.25, 0.3) is 15.9 Å². The molecule has 174 valence electrons. The number of ether oxygens (including phenoxy) is 3. The molecule has 0 saturated heterocycles. The van der Waals surface area contributed by atoms with Crippen LogP contribution in [-0.4, -0.2) is 40.6 Å². The fourth-order valence-electron chi connectivity index (χ4n) is 3.19. The SMILES string of the molecule is COc1ccc(NS(=O)(=O)c2cc(C(=O)Nc3nc(C4CC4)cs3)ccc2OC)c(OC)c1. The van der Waals surface area contributed by atoms with Gasteiger partial charge in [-0.15, -0.1) is 11.3 Å². The Bertz CT molecular complexity index is 1290. The molecular formula is C22H23N3O6S2. The summed E-state index contributed by atoms with van der Waals surface area (Å²) in [5.74, 6) is 0.898. The van der Waals surface area contributed by atoms with Crippen molar-refractivity contribution in [1.82, 2.24) is 4.98 Å². The van der Waals surface area contributed by atoms with Gasteiger partial charge in [0.2, 0.25) is 0 Å². The Morgan fingerprint density at radius 2 is 1.79 bits per heavy atom. The van der Waals surface area contributed by atoms with Crippen LogP contribution in [0, 0.1) is 0 Å². The minimum atomic E-state index is -4.12. The number of nitrogens with one attached hydrogen (secondary N) is 2. The van der Waals surface area contributed by atoms with E-state index in [1.165, 1.54) is 56.9 Å². The molecule has 0 radical (unpaired) electrons. The van der Waals surface area contributed by atoms with Gasteiger partial charge in [0.1, 0.15) is 22.1 Å². The lowest BCUT2D eigenvalue weighted by atomic mass is 10.2. The first-order chi connectivity index (χ1) is 15.8. The van der Waals surface area contributed by atoms with Crippen LogP contribution in [0.2, 0.25) is 0 Å². The average Bonchev–Trinajstić information content (AvgIpc) is 3.57. The van der Waals surface area contributed by atoms with Crippen LogP contribution in [0.3, 0.4) is 0 Å². The molecule has 0 spiro atoms. The highest BCUT2D eigenvalue weighted by molar-refractivity contribution is 7.92. The molecule has 11 heteroatoms. The zero-order valence-electron chi connectivity index (χ0n) is 18.2. The molecule has 0 aliphatic heterocycles. The van der Waals surface area contributed by atoms with E-state index in [0.717, 1.165) is 18.5 Å². The molecule has 0 atom stereocenters. The van der Waals surface area contributed by atoms with E-state index in [1.807, 2.05) is 5.38 Å². The van der Waals surface area contributed by atoms with Gasteiger partial charge in [-0.05, 0) is 43.2 Å². The van der Waals surface area contributed by atoms with Crippen LogP contribution < -0.4 is 24.2 Å². The molecule has 1 amide bonds. The number of amides is 1. The Labute approximate surface area is 195 Å². The number of anilines is 2. The maximum atomic E-state index is 13.2. The van der Waals surface area contributed by atoms with E-state index in [2.05, 4.69) is 15.0 Å². The quantitative estimate of drug-likeness (QED) is 0.465. The third-order valence-corrected chi connectivity index (χ3v) is 7.27. The van der Waals surface area contributed by atoms with E-state index in [0.29, 0.717) is 16.8 Å². The number of hydrogen-bond acceptors (Lipinski definition) is 8. The van der Waals surface area contributed by atoms with Gasteiger partial charge in [-0.25, -0.2) is 13.4 Å². The zero-order valence-corrected chi connectivity index (χ0v) is 19.9. The fourth-order valence-corrected chi connectivity index (χ4v) is 5.24. The molecule has 1 aromatic heterocycles. The Balaban J connectivity index is 1.60. The first-order valence-corrected chi connectivity index (χ1v) is 12.4. The van der Waals surface area contributed by atoms with Crippen LogP contribution in [0.15, 0.2) is 46.7 Å². The van der Waals surface area contributed by atoms with E-state index in [1.54, 1.807) is 12.1 Å². The maximum absolute atomic E-state index is 13.2. The van der Waals surface area contributed by atoms with Crippen molar-refractivity contribution in [2.45, 2.75) is 23.7 Å². The lowest BCUT2D eigenvalue weighted by Gasteiger charge is -2.15. The summed E-state index contributed by atoms with van der Waals surface area (Å²) in [6.07, 6.45) is 2.23. The van der Waals surface area contributed by atoms with E-state index in [9.17, 15) is 13.2 Å². The fraction of sp³-hybridized carbons (Fsp3) is 0.273. The van der Waals surface area contributed by atoms with Crippen LogP contribution in [-0.2, 0) is 10.0 Å². The van der Waals surface area contributed by atoms with Crippen molar-refractivity contribution in [3.05, 3.63) is 53.0 Å². The van der Waals surface area contributed by atoms with Crippen molar-refractivity contribution in [1.29, 1.82) is 0 Å². The number of hydrogen-bond donors (Lipinski definition) is 2. The lowest BCUT2D eigenvalue weighted by Crippen LogP contribution is -2.17. The van der Waals surface area contributed by atoms with E-state index >= 15 is 0 Å². The van der Waals surface area contributed by atoms with Crippen molar-refractivity contribution < 1.29 is 27.4 Å². The van der Waals surface area contributed by atoms with Gasteiger partial charge in [-0.1, -0.05) is 0 Å². The minimum Gasteiger partial charge on any atom is -0.497 e. The molecule has 33 heavy (non-hydrogen) atoms. The molecule has 2 N–H and O–H groups in total. The van der Waals surface area contributed by atoms with Gasteiger partial charge in [0.05, 0.1) is 32.7 Å². The predicted molar refractivity (Wildman–Crippen MR) is 125 cm³/mol. The third kappa shape index (κ3) is 5.04. The summed E-state index contributed by atoms with van der Waals surface area (Å²) < 4.78 is 44.5. The molecule has 0 bridgehead atoms. The molecule has 3 aromatic rings. The largest absolute Gasteiger partial charge is 0.497 e. The summed E-state index contributed by atoms with van der Waals surface area (Å²) in [6, 6.07) is 8.89. The first-order valence-electron chi connectivity index (χ1n) is 10.0. The molecule has 1 fully saturated rings. The highest BCUT2D eigenvalue weighted by Gasteiger charge is 2.27. The van der Waals surface area contributed by atoms with Crippen LogP contribution in [0.4, 0.5) is 10.8 Å². The zero-order chi connectivity index (χ0) is 23.6. The summed E-state index contributed by atoms with van der Waals surface area (Å²) in [6.45, 7) is 0. The third-order valence-electron chi connectivity index (χ3n) is 5.11. The second-order valence-electron chi connectivity index (χ2n) is 7.34. The van der Waals surface area contributed by atoms with Gasteiger partial charge >= 0.3 is 0 Å². The summed E-state index contributed by atoms with van der Waals surface area (Å²) >= 11 is 1.34. The number of benzene rings is 2. The molecular weight excluding hydrogens is 466 g/mol. The normalized spacial score (nSPS) is 13.3. The summed E-state index contributed by atoms with van der Waals surface area (Å²) in [7, 11) is 0.154. The molecule has 2 aromatic carbocycles. The molecule has 1 saturated carbocycles. The van der Waals surface area contributed by atoms with Crippen molar-refractivity contribution in [2.75, 3.05) is 31.4 Å². The van der Waals surface area contributed by atoms with Crippen molar-refractivity contribution in [2.24, 2.45) is 0 Å². The first kappa shape index (κ1) is 22.9. The smallest absolute Gasteiger partial charge is 0.265 e. The van der Waals surface area contributed by atoms with Gasteiger partial charge in [0, 0.05) is 22.9 Å². The number of aromatic nitrogens is 1. The lowest BCUT2D eigenvalue weighted by molar-refractivity contribution is 0.102. The second kappa shape index (κ2) is 9.28. The van der Waals surface area contributed by atoms with Crippen molar-refractivity contribution >= 4 is 38.1 Å². The van der Waals surface area contributed by atoms with Gasteiger partial charge in [-0.2, -0.15) is 0 Å². The van der Waals surface area contributed by atoms with E-state index in [-0.39, 0.29) is 27.6 Å². The standard InChI is InChI=1S/C22H23N3O6S2/c1-29-15-7-8-16(19(11-15)31-3)25-33(27,28)20-10-14(6-9-18(20)30-2)21(26)24-22-23-17(12-32-22)13-4-5-13/h6-13,25H,4-5H2,1-3H3,(H,23,24,26). The number of rotatable bonds is 9. The number of carbonyl (C=O) groups is 1. The summed E-state index contributed by atoms with van der Waals surface area (Å²) in [5, 5.41) is 5.15. The highest BCUT2D eigenvalue weighted by Crippen LogP contribution is 2.41. The van der Waals surface area contributed by atoms with Gasteiger partial charge in [0.15, 0.2) is 5.13 Å². The highest BCUT2D eigenvalue weighted by atomic mass is 32.2. The van der Waals surface area contributed by atoms with Crippen molar-refractivity contribution in [3.63, 3.8) is 0 Å². The second-order valence-corrected chi connectivity index (χ2v) is 9.85. The molecule has 4 rings (SSSR count). The Morgan fingerprint density at radius 3 is 2.45 bits per heavy atom. The van der Waals surface area contributed by atoms with Crippen LogP contribution in [0.5, 0.6) is 17.2 Å². The summed E-state index contributed by atoms with van der Waals surface area (Å²) in [4.78, 5) is 17.0. The number of sulfonamides is 1. The van der Waals surface area contributed by atoms with Gasteiger partial charge < -0.3 is 14.2 Å². The molecule has 1 aliphatic carbocycles. The number of nitrogens with zero attached hydrogens (tertiary/aromatic N) is 1. The summed E-state index contributed by atoms with van der Waals surface area (Å²) in [5.41, 5.74) is 1.34. The minimum absolute atomic E-state index is 0.0943. The Kier molecular flexibility index (Phi) is 6.43. The topological polar surface area (TPSA) is 116 Å². The Hall–Kier alpha value is -3.31.